The lowest BCUT2D eigenvalue weighted by atomic mass is 10.1. The molecule has 1 aliphatic carbocycles. The molecule has 1 aromatic heterocycles. The van der Waals surface area contributed by atoms with E-state index in [9.17, 15) is 4.39 Å². The van der Waals surface area contributed by atoms with Gasteiger partial charge in [0.25, 0.3) is 0 Å². The summed E-state index contributed by atoms with van der Waals surface area (Å²) in [6, 6.07) is 9.15. The lowest BCUT2D eigenvalue weighted by Crippen LogP contribution is -2.51. The minimum atomic E-state index is -0.182. The molecule has 3 atom stereocenters. The molecule has 26 heavy (non-hydrogen) atoms. The van der Waals surface area contributed by atoms with E-state index < -0.39 is 0 Å². The number of hydrogen-bond donors (Lipinski definition) is 0. The summed E-state index contributed by atoms with van der Waals surface area (Å²) >= 11 is 0. The van der Waals surface area contributed by atoms with Crippen LogP contribution in [0.2, 0.25) is 0 Å². The first-order valence-corrected chi connectivity index (χ1v) is 9.49. The van der Waals surface area contributed by atoms with Crippen molar-refractivity contribution in [2.45, 2.75) is 50.6 Å². The van der Waals surface area contributed by atoms with Crippen molar-refractivity contribution in [2.24, 2.45) is 0 Å². The second-order valence-electron chi connectivity index (χ2n) is 7.11. The van der Waals surface area contributed by atoms with Gasteiger partial charge in [0.1, 0.15) is 5.82 Å². The van der Waals surface area contributed by atoms with E-state index in [4.69, 9.17) is 9.47 Å². The summed E-state index contributed by atoms with van der Waals surface area (Å²) in [4.78, 5) is 2.47. The van der Waals surface area contributed by atoms with Crippen LogP contribution in [-0.4, -0.2) is 52.7 Å². The van der Waals surface area contributed by atoms with Gasteiger partial charge in [0.05, 0.1) is 18.8 Å². The van der Waals surface area contributed by atoms with Crippen LogP contribution in [-0.2, 0) is 22.6 Å². The summed E-state index contributed by atoms with van der Waals surface area (Å²) in [5.41, 5.74) is 1.15. The van der Waals surface area contributed by atoms with E-state index in [1.807, 2.05) is 29.1 Å². The fourth-order valence-electron chi connectivity index (χ4n) is 4.08. The Hall–Kier alpha value is -1.76. The van der Waals surface area contributed by atoms with Crippen molar-refractivity contribution in [2.75, 3.05) is 19.8 Å². The number of rotatable bonds is 7. The molecule has 0 radical (unpaired) electrons. The highest BCUT2D eigenvalue weighted by molar-refractivity contribution is 5.16. The molecule has 1 aliphatic heterocycles. The highest BCUT2D eigenvalue weighted by Crippen LogP contribution is 2.33. The third-order valence-corrected chi connectivity index (χ3v) is 5.37. The monoisotopic (exact) mass is 359 g/mol. The normalized spacial score (nSPS) is 26.1. The Labute approximate surface area is 153 Å². The number of halogens is 1. The number of morpholine rings is 1. The van der Waals surface area contributed by atoms with Gasteiger partial charge in [-0.15, -0.1) is 0 Å². The first-order chi connectivity index (χ1) is 12.8. The number of aryl methyl sites for hydroxylation is 1. The summed E-state index contributed by atoms with van der Waals surface area (Å²) in [5.74, 6) is -0.182. The van der Waals surface area contributed by atoms with Crippen molar-refractivity contribution in [3.63, 3.8) is 0 Å². The number of ether oxygens (including phenoxy) is 2. The molecule has 0 spiro atoms. The summed E-state index contributed by atoms with van der Waals surface area (Å²) in [6.07, 6.45) is 7.18. The van der Waals surface area contributed by atoms with Gasteiger partial charge in [-0.25, -0.2) is 4.39 Å². The van der Waals surface area contributed by atoms with E-state index in [0.717, 1.165) is 57.7 Å². The Morgan fingerprint density at radius 1 is 1.23 bits per heavy atom. The molecule has 2 heterocycles. The highest BCUT2D eigenvalue weighted by Gasteiger charge is 2.43. The molecule has 0 N–H and O–H groups in total. The van der Waals surface area contributed by atoms with Gasteiger partial charge < -0.3 is 9.47 Å². The number of benzene rings is 1. The van der Waals surface area contributed by atoms with Crippen LogP contribution >= 0.6 is 0 Å². The van der Waals surface area contributed by atoms with Crippen LogP contribution < -0.4 is 0 Å². The lowest BCUT2D eigenvalue weighted by molar-refractivity contribution is -0.115. The molecule has 5 nitrogen and oxygen atoms in total. The Balaban J connectivity index is 1.27. The van der Waals surface area contributed by atoms with Crippen LogP contribution in [0, 0.1) is 5.82 Å². The second-order valence-corrected chi connectivity index (χ2v) is 7.11. The third-order valence-electron chi connectivity index (χ3n) is 5.37. The smallest absolute Gasteiger partial charge is 0.123 e. The maximum Gasteiger partial charge on any atom is 0.123 e. The zero-order valence-corrected chi connectivity index (χ0v) is 15.0. The van der Waals surface area contributed by atoms with Gasteiger partial charge in [0.2, 0.25) is 0 Å². The molecule has 0 amide bonds. The van der Waals surface area contributed by atoms with E-state index >= 15 is 0 Å². The first-order valence-electron chi connectivity index (χ1n) is 9.49. The van der Waals surface area contributed by atoms with Crippen molar-refractivity contribution in [3.05, 3.63) is 54.1 Å². The van der Waals surface area contributed by atoms with Gasteiger partial charge in [0.15, 0.2) is 0 Å². The molecular weight excluding hydrogens is 333 g/mol. The Morgan fingerprint density at radius 2 is 2.12 bits per heavy atom. The topological polar surface area (TPSA) is 39.5 Å². The maximum atomic E-state index is 13.1. The van der Waals surface area contributed by atoms with E-state index in [-0.39, 0.29) is 18.0 Å². The predicted octanol–water partition coefficient (Wildman–Crippen LogP) is 2.86. The van der Waals surface area contributed by atoms with E-state index in [1.54, 1.807) is 6.20 Å². The van der Waals surface area contributed by atoms with Crippen molar-refractivity contribution < 1.29 is 13.9 Å². The quantitative estimate of drug-likeness (QED) is 0.713. The zero-order valence-electron chi connectivity index (χ0n) is 15.0. The van der Waals surface area contributed by atoms with Gasteiger partial charge in [-0.05, 0) is 43.0 Å². The van der Waals surface area contributed by atoms with Crippen LogP contribution in [0.25, 0.3) is 0 Å². The molecule has 2 fully saturated rings. The minimum absolute atomic E-state index is 0.147. The first kappa shape index (κ1) is 17.6. The zero-order chi connectivity index (χ0) is 17.8. The fourth-order valence-corrected chi connectivity index (χ4v) is 4.08. The van der Waals surface area contributed by atoms with Gasteiger partial charge in [-0.2, -0.15) is 5.10 Å². The summed E-state index contributed by atoms with van der Waals surface area (Å²) in [6.45, 7) is 4.11. The number of fused-ring (bicyclic) bond motifs is 1. The van der Waals surface area contributed by atoms with Crippen LogP contribution in [0.3, 0.4) is 0 Å². The minimum Gasteiger partial charge on any atom is -0.375 e. The molecule has 0 bridgehead atoms. The molecular formula is C20H26FN3O2. The van der Waals surface area contributed by atoms with Gasteiger partial charge in [-0.1, -0.05) is 12.1 Å². The average molecular weight is 359 g/mol. The largest absolute Gasteiger partial charge is 0.375 e. The highest BCUT2D eigenvalue weighted by atomic mass is 19.1. The Morgan fingerprint density at radius 3 is 2.92 bits per heavy atom. The predicted molar refractivity (Wildman–Crippen MR) is 96.2 cm³/mol. The number of nitrogens with zero attached hydrogens (tertiary/aromatic N) is 3. The Kier molecular flexibility index (Phi) is 5.62. The van der Waals surface area contributed by atoms with Crippen LogP contribution in [0.15, 0.2) is 42.7 Å². The van der Waals surface area contributed by atoms with Crippen molar-refractivity contribution >= 4 is 0 Å². The molecule has 4 rings (SSSR count). The molecule has 1 saturated heterocycles. The van der Waals surface area contributed by atoms with Crippen LogP contribution in [0.5, 0.6) is 0 Å². The lowest BCUT2D eigenvalue weighted by Gasteiger charge is -2.39. The summed E-state index contributed by atoms with van der Waals surface area (Å²) in [5, 5.41) is 4.21. The number of aromatic nitrogens is 2. The van der Waals surface area contributed by atoms with Gasteiger partial charge in [0, 0.05) is 44.7 Å². The van der Waals surface area contributed by atoms with Crippen molar-refractivity contribution in [1.29, 1.82) is 0 Å². The molecule has 0 unspecified atom stereocenters. The SMILES string of the molecule is Fc1ccc(CN2CCO[C@H]3[C@H](OCCCn4cccn4)CC[C@@H]32)cc1. The Bertz CT molecular complexity index is 677. The molecule has 2 aromatic rings. The van der Waals surface area contributed by atoms with E-state index in [0.29, 0.717) is 6.04 Å². The summed E-state index contributed by atoms with van der Waals surface area (Å²) in [7, 11) is 0. The average Bonchev–Trinajstić information content (AvgIpc) is 3.31. The molecule has 1 aromatic carbocycles. The molecule has 1 saturated carbocycles. The molecule has 140 valence electrons. The van der Waals surface area contributed by atoms with E-state index in [1.165, 1.54) is 12.1 Å². The number of hydrogen-bond acceptors (Lipinski definition) is 4. The summed E-state index contributed by atoms with van der Waals surface area (Å²) < 4.78 is 27.2. The molecule has 6 heteroatoms. The van der Waals surface area contributed by atoms with Crippen molar-refractivity contribution in [3.8, 4) is 0 Å². The third kappa shape index (κ3) is 4.14. The standard InChI is InChI=1S/C20H26FN3O2/c21-17-5-3-16(4-6-17)15-23-12-14-26-20-18(23)7-8-19(20)25-13-2-11-24-10-1-9-22-24/h1,3-6,9-10,18-20H,2,7-8,11-15H2/t18-,19+,20+/m0/s1. The maximum absolute atomic E-state index is 13.1. The van der Waals surface area contributed by atoms with Crippen LogP contribution in [0.1, 0.15) is 24.8 Å². The van der Waals surface area contributed by atoms with Crippen molar-refractivity contribution in [1.82, 2.24) is 14.7 Å². The molecule has 2 aliphatic rings. The van der Waals surface area contributed by atoms with Crippen LogP contribution in [0.4, 0.5) is 4.39 Å². The fraction of sp³-hybridized carbons (Fsp3) is 0.550. The van der Waals surface area contributed by atoms with Gasteiger partial charge in [-0.3, -0.25) is 9.58 Å². The second kappa shape index (κ2) is 8.29. The van der Waals surface area contributed by atoms with E-state index in [2.05, 4.69) is 10.00 Å². The van der Waals surface area contributed by atoms with Gasteiger partial charge >= 0.3 is 0 Å².